The molecular formula is C16H17NO2. The Kier molecular flexibility index (Phi) is 3.85. The summed E-state index contributed by atoms with van der Waals surface area (Å²) in [5.41, 5.74) is 0.336. The Morgan fingerprint density at radius 3 is 2.53 bits per heavy atom. The SMILES string of the molecule is C=CCN(CC)C(=O)c1cc2ccccc2cc1O. The summed E-state index contributed by atoms with van der Waals surface area (Å²) in [4.78, 5) is 14.0. The number of amides is 1. The number of rotatable bonds is 4. The van der Waals surface area contributed by atoms with Crippen LogP contribution in [-0.2, 0) is 0 Å². The van der Waals surface area contributed by atoms with Gasteiger partial charge in [0, 0.05) is 13.1 Å². The summed E-state index contributed by atoms with van der Waals surface area (Å²) >= 11 is 0. The van der Waals surface area contributed by atoms with Gasteiger partial charge in [-0.1, -0.05) is 30.3 Å². The summed E-state index contributed by atoms with van der Waals surface area (Å²) < 4.78 is 0. The molecule has 0 bridgehead atoms. The molecule has 0 radical (unpaired) electrons. The fourth-order valence-electron chi connectivity index (χ4n) is 2.08. The third kappa shape index (κ3) is 2.60. The van der Waals surface area contributed by atoms with Crippen molar-refractivity contribution in [2.45, 2.75) is 6.92 Å². The van der Waals surface area contributed by atoms with Gasteiger partial charge in [0.1, 0.15) is 5.75 Å². The summed E-state index contributed by atoms with van der Waals surface area (Å²) in [6.45, 7) is 6.60. The Balaban J connectivity index is 2.46. The number of hydrogen-bond donors (Lipinski definition) is 1. The van der Waals surface area contributed by atoms with E-state index in [2.05, 4.69) is 6.58 Å². The third-order valence-corrected chi connectivity index (χ3v) is 3.11. The molecule has 1 amide bonds. The molecule has 0 aliphatic carbocycles. The molecule has 0 aliphatic rings. The lowest BCUT2D eigenvalue weighted by molar-refractivity contribution is 0.0779. The maximum absolute atomic E-state index is 12.3. The molecule has 1 N–H and O–H groups in total. The van der Waals surface area contributed by atoms with Crippen LogP contribution in [0.15, 0.2) is 49.1 Å². The van der Waals surface area contributed by atoms with Gasteiger partial charge in [0.25, 0.3) is 5.91 Å². The fourth-order valence-corrected chi connectivity index (χ4v) is 2.08. The van der Waals surface area contributed by atoms with Gasteiger partial charge in [0.05, 0.1) is 5.56 Å². The molecule has 2 aromatic carbocycles. The Hall–Kier alpha value is -2.29. The normalized spacial score (nSPS) is 10.4. The van der Waals surface area contributed by atoms with Gasteiger partial charge in [0.2, 0.25) is 0 Å². The topological polar surface area (TPSA) is 40.5 Å². The van der Waals surface area contributed by atoms with Gasteiger partial charge in [-0.05, 0) is 29.8 Å². The van der Waals surface area contributed by atoms with Crippen molar-refractivity contribution >= 4 is 16.7 Å². The molecule has 0 aromatic heterocycles. The molecule has 0 saturated carbocycles. The number of phenolic OH excluding ortho intramolecular Hbond substituents is 1. The van der Waals surface area contributed by atoms with E-state index in [1.165, 1.54) is 0 Å². The minimum absolute atomic E-state index is 0.0196. The number of phenols is 1. The number of aromatic hydroxyl groups is 1. The number of carbonyl (C=O) groups excluding carboxylic acids is 1. The van der Waals surface area contributed by atoms with Crippen LogP contribution in [0.5, 0.6) is 5.75 Å². The summed E-state index contributed by atoms with van der Waals surface area (Å²) in [5.74, 6) is -0.156. The Bertz CT molecular complexity index is 619. The van der Waals surface area contributed by atoms with Gasteiger partial charge in [-0.3, -0.25) is 4.79 Å². The van der Waals surface area contributed by atoms with Crippen molar-refractivity contribution in [2.24, 2.45) is 0 Å². The van der Waals surface area contributed by atoms with E-state index in [4.69, 9.17) is 0 Å². The van der Waals surface area contributed by atoms with Crippen LogP contribution < -0.4 is 0 Å². The molecule has 0 heterocycles. The van der Waals surface area contributed by atoms with Gasteiger partial charge in [0.15, 0.2) is 0 Å². The van der Waals surface area contributed by atoms with E-state index in [1.54, 1.807) is 23.1 Å². The first-order valence-corrected chi connectivity index (χ1v) is 6.29. The molecule has 0 fully saturated rings. The van der Waals surface area contributed by atoms with E-state index in [-0.39, 0.29) is 11.7 Å². The zero-order valence-electron chi connectivity index (χ0n) is 11.0. The molecule has 0 atom stereocenters. The van der Waals surface area contributed by atoms with E-state index in [1.807, 2.05) is 31.2 Å². The highest BCUT2D eigenvalue weighted by Gasteiger charge is 2.17. The van der Waals surface area contributed by atoms with Crippen LogP contribution in [0.4, 0.5) is 0 Å². The lowest BCUT2D eigenvalue weighted by atomic mass is 10.0. The molecule has 2 rings (SSSR count). The number of likely N-dealkylation sites (N-methyl/N-ethyl adjacent to an activating group) is 1. The van der Waals surface area contributed by atoms with Crippen molar-refractivity contribution in [3.63, 3.8) is 0 Å². The molecule has 0 aliphatic heterocycles. The minimum Gasteiger partial charge on any atom is -0.507 e. The van der Waals surface area contributed by atoms with E-state index in [9.17, 15) is 9.90 Å². The van der Waals surface area contributed by atoms with Crippen molar-refractivity contribution in [1.82, 2.24) is 4.90 Å². The first kappa shape index (κ1) is 13.1. The number of fused-ring (bicyclic) bond motifs is 1. The summed E-state index contributed by atoms with van der Waals surface area (Å²) in [6.07, 6.45) is 1.68. The van der Waals surface area contributed by atoms with Crippen LogP contribution in [-0.4, -0.2) is 29.0 Å². The maximum Gasteiger partial charge on any atom is 0.257 e. The third-order valence-electron chi connectivity index (χ3n) is 3.11. The highest BCUT2D eigenvalue weighted by Crippen LogP contribution is 2.26. The average molecular weight is 255 g/mol. The van der Waals surface area contributed by atoms with Gasteiger partial charge >= 0.3 is 0 Å². The van der Waals surface area contributed by atoms with Crippen LogP contribution in [0.1, 0.15) is 17.3 Å². The molecule has 0 unspecified atom stereocenters. The number of hydrogen-bond acceptors (Lipinski definition) is 2. The van der Waals surface area contributed by atoms with E-state index in [0.29, 0.717) is 18.7 Å². The quantitative estimate of drug-likeness (QED) is 0.852. The Labute approximate surface area is 112 Å². The zero-order valence-corrected chi connectivity index (χ0v) is 11.0. The largest absolute Gasteiger partial charge is 0.507 e. The first-order valence-electron chi connectivity index (χ1n) is 6.29. The van der Waals surface area contributed by atoms with Crippen LogP contribution in [0, 0.1) is 0 Å². The monoisotopic (exact) mass is 255 g/mol. The number of benzene rings is 2. The fraction of sp³-hybridized carbons (Fsp3) is 0.188. The highest BCUT2D eigenvalue weighted by atomic mass is 16.3. The van der Waals surface area contributed by atoms with Crippen molar-refractivity contribution < 1.29 is 9.90 Å². The van der Waals surface area contributed by atoms with Gasteiger partial charge in [-0.15, -0.1) is 6.58 Å². The molecule has 3 nitrogen and oxygen atoms in total. The molecule has 0 spiro atoms. The predicted octanol–water partition coefficient (Wildman–Crippen LogP) is 3.19. The molecular weight excluding hydrogens is 238 g/mol. The molecule has 2 aromatic rings. The van der Waals surface area contributed by atoms with Gasteiger partial charge in [-0.2, -0.15) is 0 Å². The van der Waals surface area contributed by atoms with Crippen molar-refractivity contribution in [2.75, 3.05) is 13.1 Å². The van der Waals surface area contributed by atoms with Crippen molar-refractivity contribution in [3.8, 4) is 5.75 Å². The molecule has 3 heteroatoms. The molecule has 19 heavy (non-hydrogen) atoms. The summed E-state index contributed by atoms with van der Waals surface area (Å²) in [6, 6.07) is 11.0. The second-order valence-corrected chi connectivity index (χ2v) is 4.35. The van der Waals surface area contributed by atoms with Crippen LogP contribution in [0.2, 0.25) is 0 Å². The summed E-state index contributed by atoms with van der Waals surface area (Å²) in [7, 11) is 0. The molecule has 98 valence electrons. The second-order valence-electron chi connectivity index (χ2n) is 4.35. The second kappa shape index (κ2) is 5.57. The van der Waals surface area contributed by atoms with Gasteiger partial charge < -0.3 is 10.0 Å². The van der Waals surface area contributed by atoms with Crippen LogP contribution >= 0.6 is 0 Å². The van der Waals surface area contributed by atoms with Crippen LogP contribution in [0.25, 0.3) is 10.8 Å². The lowest BCUT2D eigenvalue weighted by Gasteiger charge is -2.19. The van der Waals surface area contributed by atoms with Crippen molar-refractivity contribution in [1.29, 1.82) is 0 Å². The Morgan fingerprint density at radius 2 is 1.95 bits per heavy atom. The van der Waals surface area contributed by atoms with E-state index in [0.717, 1.165) is 10.8 Å². The van der Waals surface area contributed by atoms with Crippen molar-refractivity contribution in [3.05, 3.63) is 54.6 Å². The smallest absolute Gasteiger partial charge is 0.257 e. The standard InChI is InChI=1S/C16H17NO2/c1-3-9-17(4-2)16(19)14-10-12-7-5-6-8-13(12)11-15(14)18/h3,5-8,10-11,18H,1,4,9H2,2H3. The van der Waals surface area contributed by atoms with E-state index >= 15 is 0 Å². The first-order chi connectivity index (χ1) is 9.17. The zero-order chi connectivity index (χ0) is 13.8. The maximum atomic E-state index is 12.3. The average Bonchev–Trinajstić information content (AvgIpc) is 2.43. The van der Waals surface area contributed by atoms with Gasteiger partial charge in [-0.25, -0.2) is 0 Å². The Morgan fingerprint density at radius 1 is 1.32 bits per heavy atom. The number of carbonyl (C=O) groups is 1. The van der Waals surface area contributed by atoms with Crippen LogP contribution in [0.3, 0.4) is 0 Å². The number of nitrogens with zero attached hydrogens (tertiary/aromatic N) is 1. The summed E-state index contributed by atoms with van der Waals surface area (Å²) in [5, 5.41) is 11.9. The molecule has 0 saturated heterocycles. The lowest BCUT2D eigenvalue weighted by Crippen LogP contribution is -2.30. The minimum atomic E-state index is -0.175. The van der Waals surface area contributed by atoms with E-state index < -0.39 is 0 Å². The predicted molar refractivity (Wildman–Crippen MR) is 77.4 cm³/mol. The highest BCUT2D eigenvalue weighted by molar-refractivity contribution is 6.01.